The van der Waals surface area contributed by atoms with Crippen LogP contribution in [0.1, 0.15) is 46.0 Å². The van der Waals surface area contributed by atoms with Gasteiger partial charge in [0.15, 0.2) is 0 Å². The number of hydrogen-bond donors (Lipinski definition) is 1. The summed E-state index contributed by atoms with van der Waals surface area (Å²) in [7, 11) is 0. The third-order valence-electron chi connectivity index (χ3n) is 5.42. The second-order valence-electron chi connectivity index (χ2n) is 7.79. The zero-order chi connectivity index (χ0) is 21.6. The van der Waals surface area contributed by atoms with Gasteiger partial charge in [-0.1, -0.05) is 42.5 Å². The lowest BCUT2D eigenvalue weighted by molar-refractivity contribution is -0.128. The highest BCUT2D eigenvalue weighted by Gasteiger charge is 2.33. The number of carbonyl (C=O) groups excluding carboxylic acids is 2. The first kappa shape index (κ1) is 21.2. The van der Waals surface area contributed by atoms with Crippen molar-refractivity contribution in [2.75, 3.05) is 5.75 Å². The van der Waals surface area contributed by atoms with Gasteiger partial charge in [-0.2, -0.15) is 0 Å². The molecule has 0 radical (unpaired) electrons. The molecule has 1 fully saturated rings. The number of amides is 2. The minimum absolute atomic E-state index is 0.0699. The first-order valence-corrected chi connectivity index (χ1v) is 11.5. The van der Waals surface area contributed by atoms with Gasteiger partial charge in [0.1, 0.15) is 11.1 Å². The molecular formula is C25H26N2O3S. The van der Waals surface area contributed by atoms with Crippen molar-refractivity contribution in [1.29, 1.82) is 0 Å². The van der Waals surface area contributed by atoms with E-state index in [1.807, 2.05) is 66.4 Å². The van der Waals surface area contributed by atoms with Gasteiger partial charge in [0.25, 0.3) is 5.91 Å². The fraction of sp³-hybridized carbons (Fsp3) is 0.280. The Balaban J connectivity index is 1.34. The molecule has 2 atom stereocenters. The molecule has 1 aromatic heterocycles. The highest BCUT2D eigenvalue weighted by atomic mass is 32.2. The summed E-state index contributed by atoms with van der Waals surface area (Å²) in [4.78, 5) is 26.8. The Kier molecular flexibility index (Phi) is 6.77. The van der Waals surface area contributed by atoms with E-state index in [1.54, 1.807) is 18.0 Å². The number of carbonyl (C=O) groups is 2. The van der Waals surface area contributed by atoms with E-state index < -0.39 is 0 Å². The quantitative estimate of drug-likeness (QED) is 0.553. The molecule has 6 heteroatoms. The van der Waals surface area contributed by atoms with Gasteiger partial charge in [-0.05, 0) is 55.2 Å². The van der Waals surface area contributed by atoms with Crippen molar-refractivity contribution in [3.63, 3.8) is 0 Å². The van der Waals surface area contributed by atoms with Crippen LogP contribution in [0.5, 0.6) is 0 Å². The maximum Gasteiger partial charge on any atom is 0.251 e. The SMILES string of the molecule is C[C@H](CCc1ccccc1)NC(=O)c1ccc([C@H]2SCC(=O)N2Cc2ccco2)cc1. The molecule has 0 aliphatic carbocycles. The highest BCUT2D eigenvalue weighted by Crippen LogP contribution is 2.39. The molecule has 1 aliphatic heterocycles. The van der Waals surface area contributed by atoms with Gasteiger partial charge in [-0.25, -0.2) is 0 Å². The molecule has 1 saturated heterocycles. The van der Waals surface area contributed by atoms with Crippen molar-refractivity contribution in [3.05, 3.63) is 95.4 Å². The molecule has 0 unspecified atom stereocenters. The van der Waals surface area contributed by atoms with Crippen molar-refractivity contribution in [2.45, 2.75) is 37.7 Å². The van der Waals surface area contributed by atoms with Crippen LogP contribution in [0.25, 0.3) is 0 Å². The summed E-state index contributed by atoms with van der Waals surface area (Å²) < 4.78 is 5.41. The predicted octanol–water partition coefficient (Wildman–Crippen LogP) is 4.80. The lowest BCUT2D eigenvalue weighted by Gasteiger charge is -2.23. The van der Waals surface area contributed by atoms with E-state index in [0.29, 0.717) is 17.9 Å². The lowest BCUT2D eigenvalue weighted by Crippen LogP contribution is -2.33. The number of nitrogens with zero attached hydrogens (tertiary/aromatic N) is 1. The fourth-order valence-electron chi connectivity index (χ4n) is 3.68. The van der Waals surface area contributed by atoms with Crippen molar-refractivity contribution < 1.29 is 14.0 Å². The van der Waals surface area contributed by atoms with Crippen molar-refractivity contribution in [3.8, 4) is 0 Å². The van der Waals surface area contributed by atoms with Crippen LogP contribution in [0.2, 0.25) is 0 Å². The summed E-state index contributed by atoms with van der Waals surface area (Å²) in [5, 5.41) is 3.01. The highest BCUT2D eigenvalue weighted by molar-refractivity contribution is 8.00. The van der Waals surface area contributed by atoms with Crippen LogP contribution in [-0.2, 0) is 17.8 Å². The number of aryl methyl sites for hydroxylation is 1. The molecule has 1 aliphatic rings. The summed E-state index contributed by atoms with van der Waals surface area (Å²) in [5.41, 5.74) is 2.91. The Bertz CT molecular complexity index is 1000. The van der Waals surface area contributed by atoms with Crippen LogP contribution in [-0.4, -0.2) is 28.5 Å². The van der Waals surface area contributed by atoms with Gasteiger partial charge in [-0.15, -0.1) is 11.8 Å². The smallest absolute Gasteiger partial charge is 0.251 e. The van der Waals surface area contributed by atoms with Gasteiger partial charge in [-0.3, -0.25) is 9.59 Å². The minimum Gasteiger partial charge on any atom is -0.467 e. The molecule has 31 heavy (non-hydrogen) atoms. The Hall–Kier alpha value is -2.99. The fourth-order valence-corrected chi connectivity index (χ4v) is 4.87. The predicted molar refractivity (Wildman–Crippen MR) is 123 cm³/mol. The molecule has 1 N–H and O–H groups in total. The van der Waals surface area contributed by atoms with Crippen LogP contribution < -0.4 is 5.32 Å². The normalized spacial score (nSPS) is 17.0. The van der Waals surface area contributed by atoms with E-state index >= 15 is 0 Å². The maximum absolute atomic E-state index is 12.6. The van der Waals surface area contributed by atoms with Gasteiger partial charge < -0.3 is 14.6 Å². The van der Waals surface area contributed by atoms with Crippen LogP contribution in [0.15, 0.2) is 77.4 Å². The first-order valence-electron chi connectivity index (χ1n) is 10.5. The van der Waals surface area contributed by atoms with E-state index in [-0.39, 0.29) is 23.2 Å². The minimum atomic E-state index is -0.0743. The number of benzene rings is 2. The van der Waals surface area contributed by atoms with Gasteiger partial charge in [0.2, 0.25) is 5.91 Å². The third kappa shape index (κ3) is 5.39. The summed E-state index contributed by atoms with van der Waals surface area (Å²) in [6.45, 7) is 2.48. The van der Waals surface area contributed by atoms with E-state index in [9.17, 15) is 9.59 Å². The third-order valence-corrected chi connectivity index (χ3v) is 6.67. The van der Waals surface area contributed by atoms with Gasteiger partial charge in [0.05, 0.1) is 18.6 Å². The average molecular weight is 435 g/mol. The number of furan rings is 1. The maximum atomic E-state index is 12.6. The van der Waals surface area contributed by atoms with Gasteiger partial charge >= 0.3 is 0 Å². The monoisotopic (exact) mass is 434 g/mol. The average Bonchev–Trinajstić information content (AvgIpc) is 3.44. The van der Waals surface area contributed by atoms with E-state index in [0.717, 1.165) is 24.2 Å². The molecule has 4 rings (SSSR count). The van der Waals surface area contributed by atoms with Crippen molar-refractivity contribution in [2.24, 2.45) is 0 Å². The van der Waals surface area contributed by atoms with E-state index in [2.05, 4.69) is 17.4 Å². The number of rotatable bonds is 8. The number of thioether (sulfide) groups is 1. The Labute approximate surface area is 186 Å². The Morgan fingerprint density at radius 2 is 1.90 bits per heavy atom. The summed E-state index contributed by atoms with van der Waals surface area (Å²) in [6, 6.07) is 21.6. The van der Waals surface area contributed by atoms with E-state index in [1.165, 1.54) is 5.56 Å². The molecule has 5 nitrogen and oxygen atoms in total. The second kappa shape index (κ2) is 9.88. The Morgan fingerprint density at radius 1 is 1.13 bits per heavy atom. The summed E-state index contributed by atoms with van der Waals surface area (Å²) in [5.74, 6) is 1.24. The molecule has 2 amide bonds. The molecule has 0 bridgehead atoms. The molecule has 2 aromatic carbocycles. The topological polar surface area (TPSA) is 62.6 Å². The molecule has 0 saturated carbocycles. The first-order chi connectivity index (χ1) is 15.1. The van der Waals surface area contributed by atoms with Crippen molar-refractivity contribution >= 4 is 23.6 Å². The zero-order valence-corrected chi connectivity index (χ0v) is 18.3. The van der Waals surface area contributed by atoms with Crippen LogP contribution in [0.4, 0.5) is 0 Å². The summed E-state index contributed by atoms with van der Waals surface area (Å²) in [6.07, 6.45) is 3.43. The molecular weight excluding hydrogens is 408 g/mol. The second-order valence-corrected chi connectivity index (χ2v) is 8.85. The van der Waals surface area contributed by atoms with Crippen LogP contribution in [0.3, 0.4) is 0 Å². The van der Waals surface area contributed by atoms with Crippen LogP contribution >= 0.6 is 11.8 Å². The number of hydrogen-bond acceptors (Lipinski definition) is 4. The molecule has 3 aromatic rings. The lowest BCUT2D eigenvalue weighted by atomic mass is 10.1. The Morgan fingerprint density at radius 3 is 2.61 bits per heavy atom. The molecule has 2 heterocycles. The standard InChI is InChI=1S/C25H26N2O3S/c1-18(9-10-19-6-3-2-4-7-19)26-24(29)20-11-13-21(14-12-20)25-27(23(28)17-31-25)16-22-8-5-15-30-22/h2-8,11-15,18,25H,9-10,16-17H2,1H3,(H,26,29)/t18-,25-/m1/s1. The molecule has 0 spiro atoms. The van der Waals surface area contributed by atoms with Gasteiger partial charge in [0, 0.05) is 11.6 Å². The van der Waals surface area contributed by atoms with Crippen LogP contribution in [0, 0.1) is 0 Å². The summed E-state index contributed by atoms with van der Waals surface area (Å²) >= 11 is 1.60. The molecule has 160 valence electrons. The largest absolute Gasteiger partial charge is 0.467 e. The number of nitrogens with one attached hydrogen (secondary N) is 1. The van der Waals surface area contributed by atoms with Crippen molar-refractivity contribution in [1.82, 2.24) is 10.2 Å². The van der Waals surface area contributed by atoms with E-state index in [4.69, 9.17) is 4.42 Å². The zero-order valence-electron chi connectivity index (χ0n) is 17.5.